The van der Waals surface area contributed by atoms with E-state index in [1.165, 1.54) is 72.6 Å². The van der Waals surface area contributed by atoms with E-state index in [0.29, 0.717) is 12.0 Å². The lowest BCUT2D eigenvalue weighted by Gasteiger charge is -2.28. The fourth-order valence-electron chi connectivity index (χ4n) is 9.26. The summed E-state index contributed by atoms with van der Waals surface area (Å²) in [5.41, 5.74) is 19.2. The lowest BCUT2D eigenvalue weighted by atomic mass is 9.91. The minimum atomic E-state index is 0.301. The van der Waals surface area contributed by atoms with Crippen molar-refractivity contribution in [2.24, 2.45) is 0 Å². The summed E-state index contributed by atoms with van der Waals surface area (Å²) in [6.45, 7) is 0. The van der Waals surface area contributed by atoms with Gasteiger partial charge in [-0.3, -0.25) is 0 Å². The Hall–Kier alpha value is -7.94. The summed E-state index contributed by atoms with van der Waals surface area (Å²) in [7, 11) is 0. The normalized spacial score (nSPS) is 14.9. The molecule has 0 aromatic heterocycles. The van der Waals surface area contributed by atoms with E-state index in [2.05, 4.69) is 265 Å². The number of nitrogens with zero attached hydrogens (tertiary/aromatic N) is 2. The van der Waals surface area contributed by atoms with E-state index in [4.69, 9.17) is 0 Å². The maximum Gasteiger partial charge on any atom is 0.0629 e. The van der Waals surface area contributed by atoms with Crippen molar-refractivity contribution in [1.82, 2.24) is 0 Å². The third-order valence-electron chi connectivity index (χ3n) is 12.4. The molecule has 1 aliphatic carbocycles. The van der Waals surface area contributed by atoms with Crippen molar-refractivity contribution in [2.45, 2.75) is 12.0 Å². The SMILES string of the molecule is C1=CC2c3ccccc3N(c3ccc(-c4ccc(-c5ccc(N(c6ccc(-c7ccccc7)cc6)c6ccc(-c7cccc(-c8ccccc8)c7)cc6)cc5)cc4)cc3)C2C=C1. The van der Waals surface area contributed by atoms with Crippen LogP contribution in [-0.2, 0) is 0 Å². The smallest absolute Gasteiger partial charge is 0.0629 e. The highest BCUT2D eigenvalue weighted by molar-refractivity contribution is 5.83. The molecular formula is C60H44N2. The van der Waals surface area contributed by atoms with Gasteiger partial charge in [0.05, 0.1) is 6.04 Å². The molecule has 9 aromatic carbocycles. The van der Waals surface area contributed by atoms with Crippen LogP contribution in [0.15, 0.2) is 255 Å². The molecule has 0 N–H and O–H groups in total. The molecule has 2 atom stereocenters. The fourth-order valence-corrected chi connectivity index (χ4v) is 9.26. The topological polar surface area (TPSA) is 6.48 Å². The number of fused-ring (bicyclic) bond motifs is 3. The lowest BCUT2D eigenvalue weighted by Crippen LogP contribution is -2.28. The van der Waals surface area contributed by atoms with Crippen LogP contribution < -0.4 is 9.80 Å². The molecule has 294 valence electrons. The number of hydrogen-bond acceptors (Lipinski definition) is 2. The summed E-state index contributed by atoms with van der Waals surface area (Å²) in [4.78, 5) is 4.83. The third-order valence-corrected chi connectivity index (χ3v) is 12.4. The molecule has 1 heterocycles. The number of rotatable bonds is 9. The highest BCUT2D eigenvalue weighted by Gasteiger charge is 2.36. The van der Waals surface area contributed by atoms with Crippen molar-refractivity contribution in [2.75, 3.05) is 9.80 Å². The Morgan fingerprint density at radius 2 is 0.677 bits per heavy atom. The van der Waals surface area contributed by atoms with Gasteiger partial charge in [0.2, 0.25) is 0 Å². The van der Waals surface area contributed by atoms with Crippen molar-refractivity contribution < 1.29 is 0 Å². The summed E-state index contributed by atoms with van der Waals surface area (Å²) < 4.78 is 0. The molecule has 2 unspecified atom stereocenters. The molecule has 2 aliphatic rings. The molecule has 0 spiro atoms. The van der Waals surface area contributed by atoms with Gasteiger partial charge in [-0.05, 0) is 122 Å². The van der Waals surface area contributed by atoms with Gasteiger partial charge in [-0.1, -0.05) is 194 Å². The maximum atomic E-state index is 2.48. The molecule has 11 rings (SSSR count). The van der Waals surface area contributed by atoms with Gasteiger partial charge in [-0.15, -0.1) is 0 Å². The second kappa shape index (κ2) is 16.3. The first-order valence-electron chi connectivity index (χ1n) is 21.5. The van der Waals surface area contributed by atoms with Crippen LogP contribution in [0.5, 0.6) is 0 Å². The first-order valence-corrected chi connectivity index (χ1v) is 21.5. The summed E-state index contributed by atoms with van der Waals surface area (Å²) in [5, 5.41) is 0. The van der Waals surface area contributed by atoms with Gasteiger partial charge >= 0.3 is 0 Å². The van der Waals surface area contributed by atoms with Gasteiger partial charge in [0, 0.05) is 34.4 Å². The number of para-hydroxylation sites is 1. The minimum Gasteiger partial charge on any atom is -0.333 e. The number of allylic oxidation sites excluding steroid dienone is 2. The quantitative estimate of drug-likeness (QED) is 0.144. The van der Waals surface area contributed by atoms with Crippen molar-refractivity contribution in [3.63, 3.8) is 0 Å². The van der Waals surface area contributed by atoms with E-state index in [9.17, 15) is 0 Å². The highest BCUT2D eigenvalue weighted by atomic mass is 15.2. The molecule has 2 heteroatoms. The van der Waals surface area contributed by atoms with Crippen LogP contribution >= 0.6 is 0 Å². The standard InChI is InChI=1S/C60H44N2/c1-3-12-43(13-4-1)47-26-34-53(35-27-47)61(55-38-32-50(33-39-55)52-17-11-16-51(42-52)44-14-5-2-6-15-44)54-36-28-48(29-37-54)45-22-24-46(25-23-45)49-30-40-56(41-31-49)62-59-20-9-7-18-57(59)58-19-8-10-21-60(58)62/h1-42,57,59H. The Morgan fingerprint density at radius 3 is 1.19 bits per heavy atom. The van der Waals surface area contributed by atoms with Gasteiger partial charge < -0.3 is 9.80 Å². The molecule has 0 amide bonds. The van der Waals surface area contributed by atoms with E-state index in [0.717, 1.165) is 17.1 Å². The Labute approximate surface area is 364 Å². The van der Waals surface area contributed by atoms with E-state index < -0.39 is 0 Å². The molecule has 9 aromatic rings. The molecule has 0 saturated heterocycles. The van der Waals surface area contributed by atoms with Gasteiger partial charge in [0.15, 0.2) is 0 Å². The monoisotopic (exact) mass is 792 g/mol. The van der Waals surface area contributed by atoms with E-state index >= 15 is 0 Å². The summed E-state index contributed by atoms with van der Waals surface area (Å²) >= 11 is 0. The number of hydrogen-bond donors (Lipinski definition) is 0. The van der Waals surface area contributed by atoms with Crippen LogP contribution in [0.2, 0.25) is 0 Å². The Balaban J connectivity index is 0.857. The lowest BCUT2D eigenvalue weighted by molar-refractivity contribution is 0.745. The zero-order valence-electron chi connectivity index (χ0n) is 34.3. The average Bonchev–Trinajstić information content (AvgIpc) is 3.70. The fraction of sp³-hybridized carbons (Fsp3) is 0.0333. The second-order valence-electron chi connectivity index (χ2n) is 16.1. The van der Waals surface area contributed by atoms with Crippen LogP contribution in [-0.4, -0.2) is 6.04 Å². The van der Waals surface area contributed by atoms with E-state index in [1.807, 2.05) is 0 Å². The van der Waals surface area contributed by atoms with Gasteiger partial charge in [-0.2, -0.15) is 0 Å². The van der Waals surface area contributed by atoms with Gasteiger partial charge in [-0.25, -0.2) is 0 Å². The Bertz CT molecular complexity index is 3020. The van der Waals surface area contributed by atoms with Crippen molar-refractivity contribution in [3.05, 3.63) is 260 Å². The summed E-state index contributed by atoms with van der Waals surface area (Å²) in [5.74, 6) is 0.383. The Morgan fingerprint density at radius 1 is 0.306 bits per heavy atom. The molecule has 62 heavy (non-hydrogen) atoms. The number of anilines is 5. The molecule has 0 fully saturated rings. The first kappa shape index (κ1) is 37.1. The zero-order valence-corrected chi connectivity index (χ0v) is 34.3. The van der Waals surface area contributed by atoms with E-state index in [1.54, 1.807) is 0 Å². The molecule has 1 aliphatic heterocycles. The molecule has 0 radical (unpaired) electrons. The summed E-state index contributed by atoms with van der Waals surface area (Å²) in [6.07, 6.45) is 9.02. The third kappa shape index (κ3) is 7.12. The largest absolute Gasteiger partial charge is 0.333 e. The predicted octanol–water partition coefficient (Wildman–Crippen LogP) is 16.2. The van der Waals surface area contributed by atoms with Crippen LogP contribution in [0.1, 0.15) is 11.5 Å². The van der Waals surface area contributed by atoms with Crippen LogP contribution in [0.3, 0.4) is 0 Å². The van der Waals surface area contributed by atoms with Crippen molar-refractivity contribution >= 4 is 28.4 Å². The van der Waals surface area contributed by atoms with E-state index in [-0.39, 0.29) is 0 Å². The molecule has 0 bridgehead atoms. The molecular weight excluding hydrogens is 749 g/mol. The van der Waals surface area contributed by atoms with Crippen LogP contribution in [0, 0.1) is 0 Å². The highest BCUT2D eigenvalue weighted by Crippen LogP contribution is 2.48. The average molecular weight is 793 g/mol. The van der Waals surface area contributed by atoms with Crippen molar-refractivity contribution in [1.29, 1.82) is 0 Å². The maximum absolute atomic E-state index is 2.48. The van der Waals surface area contributed by atoms with Gasteiger partial charge in [0.1, 0.15) is 0 Å². The number of benzene rings is 9. The van der Waals surface area contributed by atoms with Gasteiger partial charge in [0.25, 0.3) is 0 Å². The van der Waals surface area contributed by atoms with Crippen LogP contribution in [0.25, 0.3) is 55.6 Å². The minimum absolute atomic E-state index is 0.301. The molecule has 0 saturated carbocycles. The Kier molecular flexibility index (Phi) is 9.72. The summed E-state index contributed by atoms with van der Waals surface area (Å²) in [6, 6.07) is 83.9. The van der Waals surface area contributed by atoms with Crippen molar-refractivity contribution in [3.8, 4) is 55.6 Å². The molecule has 2 nitrogen and oxygen atoms in total. The van der Waals surface area contributed by atoms with Crippen LogP contribution in [0.4, 0.5) is 28.4 Å². The second-order valence-corrected chi connectivity index (χ2v) is 16.1. The first-order chi connectivity index (χ1) is 30.7. The zero-order chi connectivity index (χ0) is 41.2. The predicted molar refractivity (Wildman–Crippen MR) is 262 cm³/mol.